The molecule has 0 radical (unpaired) electrons. The predicted octanol–water partition coefficient (Wildman–Crippen LogP) is 1.74. The second-order valence-electron chi connectivity index (χ2n) is 2.10. The van der Waals surface area contributed by atoms with E-state index in [0.717, 1.165) is 0 Å². The van der Waals surface area contributed by atoms with Gasteiger partial charge in [0.2, 0.25) is 0 Å². The first-order chi connectivity index (χ1) is 6.33. The predicted molar refractivity (Wildman–Crippen MR) is 45.1 cm³/mol. The Labute approximate surface area is 75.7 Å². The quantitative estimate of drug-likeness (QED) is 0.404. The fourth-order valence-electron chi connectivity index (χ4n) is 0.678. The second kappa shape index (κ2) is 5.03. The van der Waals surface area contributed by atoms with E-state index in [1.165, 1.54) is 18.6 Å². The first-order valence-corrected chi connectivity index (χ1v) is 3.86. The van der Waals surface area contributed by atoms with E-state index in [0.29, 0.717) is 12.6 Å². The van der Waals surface area contributed by atoms with Gasteiger partial charge in [-0.2, -0.15) is 0 Å². The van der Waals surface area contributed by atoms with Gasteiger partial charge in [-0.3, -0.25) is 0 Å². The van der Waals surface area contributed by atoms with Crippen LogP contribution in [0.5, 0.6) is 5.95 Å². The third-order valence-electron chi connectivity index (χ3n) is 1.17. The van der Waals surface area contributed by atoms with Crippen molar-refractivity contribution >= 4 is 5.97 Å². The standard InChI is InChI=1S/C9H10O4/c1-2-11-8(10)5-7-13-9-4-3-6-12-9/h3-7H,2H2,1H3. The Morgan fingerprint density at radius 3 is 3.15 bits per heavy atom. The average molecular weight is 182 g/mol. The van der Waals surface area contributed by atoms with Crippen LogP contribution in [0.2, 0.25) is 0 Å². The first-order valence-electron chi connectivity index (χ1n) is 3.86. The molecule has 0 aromatic carbocycles. The highest BCUT2D eigenvalue weighted by Crippen LogP contribution is 2.09. The molecule has 4 heteroatoms. The summed E-state index contributed by atoms with van der Waals surface area (Å²) in [6, 6.07) is 3.32. The molecule has 0 aliphatic rings. The van der Waals surface area contributed by atoms with Crippen LogP contribution in [0.15, 0.2) is 35.2 Å². The van der Waals surface area contributed by atoms with E-state index in [4.69, 9.17) is 9.15 Å². The lowest BCUT2D eigenvalue weighted by Crippen LogP contribution is -1.99. The van der Waals surface area contributed by atoms with Crippen LogP contribution < -0.4 is 4.74 Å². The van der Waals surface area contributed by atoms with E-state index in [1.807, 2.05) is 0 Å². The molecule has 0 aliphatic heterocycles. The summed E-state index contributed by atoms with van der Waals surface area (Å²) in [7, 11) is 0. The van der Waals surface area contributed by atoms with Gasteiger partial charge in [0, 0.05) is 6.07 Å². The van der Waals surface area contributed by atoms with Crippen LogP contribution in [0, 0.1) is 0 Å². The minimum Gasteiger partial charge on any atom is -0.463 e. The van der Waals surface area contributed by atoms with Crippen LogP contribution in [0.3, 0.4) is 0 Å². The molecule has 0 saturated carbocycles. The van der Waals surface area contributed by atoms with Gasteiger partial charge >= 0.3 is 5.97 Å². The van der Waals surface area contributed by atoms with Crippen LogP contribution in [0.4, 0.5) is 0 Å². The second-order valence-corrected chi connectivity index (χ2v) is 2.10. The smallest absolute Gasteiger partial charge is 0.333 e. The van der Waals surface area contributed by atoms with Crippen molar-refractivity contribution in [3.8, 4) is 5.95 Å². The normalized spacial score (nSPS) is 10.2. The van der Waals surface area contributed by atoms with E-state index >= 15 is 0 Å². The molecule has 0 amide bonds. The van der Waals surface area contributed by atoms with Gasteiger partial charge < -0.3 is 13.9 Å². The fourth-order valence-corrected chi connectivity index (χ4v) is 0.678. The Hall–Kier alpha value is -1.71. The summed E-state index contributed by atoms with van der Waals surface area (Å²) in [5, 5.41) is 0. The highest BCUT2D eigenvalue weighted by Gasteiger charge is 1.94. The molecule has 0 bridgehead atoms. The maximum absolute atomic E-state index is 10.8. The van der Waals surface area contributed by atoms with Crippen molar-refractivity contribution in [2.24, 2.45) is 0 Å². The van der Waals surface area contributed by atoms with Gasteiger partial charge in [-0.05, 0) is 13.0 Å². The van der Waals surface area contributed by atoms with Gasteiger partial charge in [0.1, 0.15) is 6.26 Å². The van der Waals surface area contributed by atoms with Gasteiger partial charge in [-0.15, -0.1) is 0 Å². The van der Waals surface area contributed by atoms with Gasteiger partial charge in [0.15, 0.2) is 0 Å². The van der Waals surface area contributed by atoms with Gasteiger partial charge in [-0.1, -0.05) is 0 Å². The first kappa shape index (κ1) is 9.38. The number of furan rings is 1. The number of esters is 1. The molecule has 0 atom stereocenters. The molecule has 0 unspecified atom stereocenters. The van der Waals surface area contributed by atoms with Crippen molar-refractivity contribution in [1.82, 2.24) is 0 Å². The number of hydrogen-bond acceptors (Lipinski definition) is 4. The fraction of sp³-hybridized carbons (Fsp3) is 0.222. The van der Waals surface area contributed by atoms with Crippen LogP contribution in [0.1, 0.15) is 6.92 Å². The molecule has 0 aliphatic carbocycles. The molecule has 0 fully saturated rings. The summed E-state index contributed by atoms with van der Waals surface area (Å²) >= 11 is 0. The van der Waals surface area contributed by atoms with Crippen molar-refractivity contribution in [1.29, 1.82) is 0 Å². The number of rotatable bonds is 4. The summed E-state index contributed by atoms with van der Waals surface area (Å²) in [6.07, 6.45) is 3.89. The molecule has 1 aromatic heterocycles. The van der Waals surface area contributed by atoms with E-state index in [1.54, 1.807) is 19.1 Å². The largest absolute Gasteiger partial charge is 0.463 e. The number of hydrogen-bond donors (Lipinski definition) is 0. The van der Waals surface area contributed by atoms with E-state index in [9.17, 15) is 4.79 Å². The molecule has 13 heavy (non-hydrogen) atoms. The molecule has 0 saturated heterocycles. The summed E-state index contributed by atoms with van der Waals surface area (Å²) < 4.78 is 14.4. The van der Waals surface area contributed by atoms with Crippen molar-refractivity contribution < 1.29 is 18.7 Å². The number of carbonyl (C=O) groups is 1. The zero-order valence-corrected chi connectivity index (χ0v) is 7.23. The zero-order chi connectivity index (χ0) is 9.52. The molecule has 70 valence electrons. The van der Waals surface area contributed by atoms with E-state index < -0.39 is 5.97 Å². The maximum Gasteiger partial charge on any atom is 0.333 e. The highest BCUT2D eigenvalue weighted by molar-refractivity contribution is 5.81. The van der Waals surface area contributed by atoms with Crippen LogP contribution in [-0.4, -0.2) is 12.6 Å². The number of ether oxygens (including phenoxy) is 2. The Morgan fingerprint density at radius 1 is 1.69 bits per heavy atom. The zero-order valence-electron chi connectivity index (χ0n) is 7.23. The molecule has 4 nitrogen and oxygen atoms in total. The van der Waals surface area contributed by atoms with Crippen molar-refractivity contribution in [3.63, 3.8) is 0 Å². The lowest BCUT2D eigenvalue weighted by molar-refractivity contribution is -0.137. The maximum atomic E-state index is 10.8. The summed E-state index contributed by atoms with van der Waals surface area (Å²) in [5.41, 5.74) is 0. The van der Waals surface area contributed by atoms with E-state index in [2.05, 4.69) is 4.74 Å². The Morgan fingerprint density at radius 2 is 2.54 bits per heavy atom. The summed E-state index contributed by atoms with van der Waals surface area (Å²) in [5.74, 6) is -0.102. The minimum absolute atomic E-state index is 0.334. The SMILES string of the molecule is CCOC(=O)C=COc1ccco1. The van der Waals surface area contributed by atoms with Crippen LogP contribution >= 0.6 is 0 Å². The number of carbonyl (C=O) groups excluding carboxylic acids is 1. The van der Waals surface area contributed by atoms with E-state index in [-0.39, 0.29) is 0 Å². The molecule has 1 rings (SSSR count). The Balaban J connectivity index is 2.29. The lowest BCUT2D eigenvalue weighted by atomic mass is 10.6. The third kappa shape index (κ3) is 3.46. The molecule has 0 N–H and O–H groups in total. The molecular formula is C9H10O4. The monoisotopic (exact) mass is 182 g/mol. The lowest BCUT2D eigenvalue weighted by Gasteiger charge is -1.94. The van der Waals surface area contributed by atoms with Crippen molar-refractivity contribution in [2.75, 3.05) is 6.61 Å². The Bertz CT molecular complexity index is 274. The molecule has 0 spiro atoms. The molecule has 1 aromatic rings. The van der Waals surface area contributed by atoms with Crippen molar-refractivity contribution in [3.05, 3.63) is 30.7 Å². The highest BCUT2D eigenvalue weighted by atomic mass is 16.6. The van der Waals surface area contributed by atoms with Crippen LogP contribution in [-0.2, 0) is 9.53 Å². The van der Waals surface area contributed by atoms with Crippen LogP contribution in [0.25, 0.3) is 0 Å². The summed E-state index contributed by atoms with van der Waals surface area (Å²) in [4.78, 5) is 10.8. The van der Waals surface area contributed by atoms with Crippen molar-refractivity contribution in [2.45, 2.75) is 6.92 Å². The summed E-state index contributed by atoms with van der Waals surface area (Å²) in [6.45, 7) is 2.09. The topological polar surface area (TPSA) is 48.7 Å². The minimum atomic E-state index is -0.436. The Kier molecular flexibility index (Phi) is 3.63. The van der Waals surface area contributed by atoms with Gasteiger partial charge in [0.25, 0.3) is 5.95 Å². The van der Waals surface area contributed by atoms with Gasteiger partial charge in [0.05, 0.1) is 18.9 Å². The average Bonchev–Trinajstić information content (AvgIpc) is 2.57. The van der Waals surface area contributed by atoms with Gasteiger partial charge in [-0.25, -0.2) is 4.79 Å². The third-order valence-corrected chi connectivity index (χ3v) is 1.17. The molecule has 1 heterocycles. The molecular weight excluding hydrogens is 172 g/mol.